The van der Waals surface area contributed by atoms with Crippen LogP contribution in [0.2, 0.25) is 0 Å². The van der Waals surface area contributed by atoms with E-state index >= 15 is 0 Å². The molecule has 0 bridgehead atoms. The van der Waals surface area contributed by atoms with Crippen molar-refractivity contribution in [2.45, 2.75) is 0 Å². The van der Waals surface area contributed by atoms with Gasteiger partial charge < -0.3 is 10.1 Å². The number of morpholine rings is 1. The van der Waals surface area contributed by atoms with Crippen molar-refractivity contribution in [3.63, 3.8) is 0 Å². The Morgan fingerprint density at radius 3 is 2.83 bits per heavy atom. The first-order valence-corrected chi connectivity index (χ1v) is 6.49. The van der Waals surface area contributed by atoms with Crippen molar-refractivity contribution in [1.82, 2.24) is 4.90 Å². The van der Waals surface area contributed by atoms with E-state index in [1.165, 1.54) is 12.1 Å². The van der Waals surface area contributed by atoms with Gasteiger partial charge in [-0.25, -0.2) is 4.39 Å². The van der Waals surface area contributed by atoms with Crippen LogP contribution in [0.1, 0.15) is 0 Å². The lowest BCUT2D eigenvalue weighted by atomic mass is 10.3. The molecule has 1 aliphatic rings. The van der Waals surface area contributed by atoms with E-state index in [1.54, 1.807) is 6.07 Å². The van der Waals surface area contributed by atoms with Crippen molar-refractivity contribution in [3.05, 3.63) is 28.5 Å². The number of amides is 1. The summed E-state index contributed by atoms with van der Waals surface area (Å²) in [6.45, 7) is 3.01. The first-order chi connectivity index (χ1) is 8.65. The first-order valence-electron chi connectivity index (χ1n) is 5.70. The van der Waals surface area contributed by atoms with E-state index in [4.69, 9.17) is 4.74 Å². The molecule has 0 radical (unpaired) electrons. The summed E-state index contributed by atoms with van der Waals surface area (Å²) in [5.74, 6) is -0.655. The van der Waals surface area contributed by atoms with Gasteiger partial charge in [-0.05, 0) is 18.2 Å². The van der Waals surface area contributed by atoms with Gasteiger partial charge in [0.05, 0.1) is 25.4 Å². The lowest BCUT2D eigenvalue weighted by Crippen LogP contribution is -2.41. The molecule has 0 aliphatic carbocycles. The first kappa shape index (κ1) is 13.5. The van der Waals surface area contributed by atoms with Gasteiger partial charge in [-0.15, -0.1) is 0 Å². The van der Waals surface area contributed by atoms with Crippen molar-refractivity contribution in [2.75, 3.05) is 38.2 Å². The van der Waals surface area contributed by atoms with Crippen LogP contribution in [0.5, 0.6) is 0 Å². The Morgan fingerprint density at radius 2 is 2.17 bits per heavy atom. The molecule has 1 amide bonds. The molecule has 6 heteroatoms. The third-order valence-corrected chi connectivity index (χ3v) is 3.17. The second-order valence-electron chi connectivity index (χ2n) is 4.06. The summed E-state index contributed by atoms with van der Waals surface area (Å²) in [7, 11) is 0. The monoisotopic (exact) mass is 316 g/mol. The number of hydrogen-bond donors (Lipinski definition) is 1. The molecule has 1 aliphatic heterocycles. The van der Waals surface area contributed by atoms with Gasteiger partial charge in [-0.2, -0.15) is 0 Å². The number of carbonyl (C=O) groups excluding carboxylic acids is 1. The molecule has 2 rings (SSSR count). The Labute approximate surface area is 113 Å². The van der Waals surface area contributed by atoms with Gasteiger partial charge in [-0.3, -0.25) is 9.69 Å². The average Bonchev–Trinajstić information content (AvgIpc) is 2.34. The van der Waals surface area contributed by atoms with Gasteiger partial charge in [0, 0.05) is 17.6 Å². The Balaban J connectivity index is 1.90. The lowest BCUT2D eigenvalue weighted by Gasteiger charge is -2.25. The molecule has 18 heavy (non-hydrogen) atoms. The lowest BCUT2D eigenvalue weighted by molar-refractivity contribution is -0.118. The molecule has 0 spiro atoms. The van der Waals surface area contributed by atoms with Crippen molar-refractivity contribution in [3.8, 4) is 0 Å². The fraction of sp³-hybridized carbons (Fsp3) is 0.417. The topological polar surface area (TPSA) is 41.6 Å². The van der Waals surface area contributed by atoms with Gasteiger partial charge >= 0.3 is 0 Å². The maximum atomic E-state index is 13.5. The molecule has 0 saturated carbocycles. The summed E-state index contributed by atoms with van der Waals surface area (Å²) in [6, 6.07) is 4.55. The Kier molecular flexibility index (Phi) is 4.68. The molecule has 1 fully saturated rings. The quantitative estimate of drug-likeness (QED) is 0.925. The van der Waals surface area contributed by atoms with Crippen molar-refractivity contribution in [1.29, 1.82) is 0 Å². The average molecular weight is 317 g/mol. The summed E-state index contributed by atoms with van der Waals surface area (Å²) >= 11 is 3.17. The van der Waals surface area contributed by atoms with Gasteiger partial charge in [-0.1, -0.05) is 15.9 Å². The standard InChI is InChI=1S/C12H14BrFN2O2/c13-9-1-2-11(10(14)7-9)15-12(17)8-16-3-5-18-6-4-16/h1-2,7H,3-6,8H2,(H,15,17). The highest BCUT2D eigenvalue weighted by Crippen LogP contribution is 2.19. The summed E-state index contributed by atoms with van der Waals surface area (Å²) in [6.07, 6.45) is 0. The van der Waals surface area contributed by atoms with Crippen molar-refractivity contribution >= 4 is 27.5 Å². The molecule has 98 valence electrons. The summed E-state index contributed by atoms with van der Waals surface area (Å²) in [5, 5.41) is 2.57. The molecule has 0 unspecified atom stereocenters. The number of nitrogens with one attached hydrogen (secondary N) is 1. The van der Waals surface area contributed by atoms with Crippen LogP contribution in [0.3, 0.4) is 0 Å². The molecular weight excluding hydrogens is 303 g/mol. The summed E-state index contributed by atoms with van der Waals surface area (Å²) < 4.78 is 19.3. The number of benzene rings is 1. The Morgan fingerprint density at radius 1 is 1.44 bits per heavy atom. The fourth-order valence-corrected chi connectivity index (χ4v) is 2.08. The minimum Gasteiger partial charge on any atom is -0.379 e. The molecule has 1 aromatic carbocycles. The van der Waals surface area contributed by atoms with Crippen molar-refractivity contribution < 1.29 is 13.9 Å². The third-order valence-electron chi connectivity index (χ3n) is 2.68. The van der Waals surface area contributed by atoms with Crippen LogP contribution in [-0.4, -0.2) is 43.7 Å². The SMILES string of the molecule is O=C(CN1CCOCC1)Nc1ccc(Br)cc1F. The molecule has 1 N–H and O–H groups in total. The number of anilines is 1. The molecule has 1 saturated heterocycles. The van der Waals surface area contributed by atoms with E-state index in [0.29, 0.717) is 17.7 Å². The van der Waals surface area contributed by atoms with Gasteiger partial charge in [0.15, 0.2) is 0 Å². The number of ether oxygens (including phenoxy) is 1. The number of hydrogen-bond acceptors (Lipinski definition) is 3. The van der Waals surface area contributed by atoms with Crippen LogP contribution < -0.4 is 5.32 Å². The van der Waals surface area contributed by atoms with Crippen LogP contribution in [0.15, 0.2) is 22.7 Å². The highest BCUT2D eigenvalue weighted by atomic mass is 79.9. The Hall–Kier alpha value is -0.980. The van der Waals surface area contributed by atoms with E-state index < -0.39 is 5.82 Å². The number of carbonyl (C=O) groups is 1. The highest BCUT2D eigenvalue weighted by molar-refractivity contribution is 9.10. The normalized spacial score (nSPS) is 16.6. The van der Waals surface area contributed by atoms with Crippen LogP contribution in [-0.2, 0) is 9.53 Å². The summed E-state index contributed by atoms with van der Waals surface area (Å²) in [5.41, 5.74) is 0.205. The largest absolute Gasteiger partial charge is 0.379 e. The van der Waals surface area contributed by atoms with E-state index in [-0.39, 0.29) is 18.1 Å². The van der Waals surface area contributed by atoms with E-state index in [0.717, 1.165) is 13.1 Å². The van der Waals surface area contributed by atoms with Crippen molar-refractivity contribution in [2.24, 2.45) is 0 Å². The zero-order valence-electron chi connectivity index (χ0n) is 9.79. The van der Waals surface area contributed by atoms with E-state index in [1.807, 2.05) is 4.90 Å². The van der Waals surface area contributed by atoms with Gasteiger partial charge in [0.25, 0.3) is 0 Å². The minimum absolute atomic E-state index is 0.205. The highest BCUT2D eigenvalue weighted by Gasteiger charge is 2.15. The maximum absolute atomic E-state index is 13.5. The number of nitrogens with zero attached hydrogens (tertiary/aromatic N) is 1. The van der Waals surface area contributed by atoms with Crippen LogP contribution in [0.25, 0.3) is 0 Å². The third kappa shape index (κ3) is 3.76. The fourth-order valence-electron chi connectivity index (χ4n) is 1.74. The zero-order valence-corrected chi connectivity index (χ0v) is 11.4. The summed E-state index contributed by atoms with van der Waals surface area (Å²) in [4.78, 5) is 13.7. The molecule has 4 nitrogen and oxygen atoms in total. The zero-order chi connectivity index (χ0) is 13.0. The number of halogens is 2. The van der Waals surface area contributed by atoms with E-state index in [2.05, 4.69) is 21.2 Å². The maximum Gasteiger partial charge on any atom is 0.238 e. The van der Waals surface area contributed by atoms with E-state index in [9.17, 15) is 9.18 Å². The Bertz CT molecular complexity index is 436. The molecule has 0 aromatic heterocycles. The second-order valence-corrected chi connectivity index (χ2v) is 4.98. The predicted octanol–water partition coefficient (Wildman–Crippen LogP) is 1.86. The second kappa shape index (κ2) is 6.26. The van der Waals surface area contributed by atoms with Crippen LogP contribution in [0.4, 0.5) is 10.1 Å². The molecular formula is C12H14BrFN2O2. The van der Waals surface area contributed by atoms with Crippen LogP contribution in [0, 0.1) is 5.82 Å². The van der Waals surface area contributed by atoms with Gasteiger partial charge in [0.1, 0.15) is 5.82 Å². The number of rotatable bonds is 3. The minimum atomic E-state index is -0.445. The van der Waals surface area contributed by atoms with Gasteiger partial charge in [0.2, 0.25) is 5.91 Å². The molecule has 1 heterocycles. The molecule has 1 aromatic rings. The van der Waals surface area contributed by atoms with Crippen LogP contribution >= 0.6 is 15.9 Å². The predicted molar refractivity (Wildman–Crippen MR) is 70.0 cm³/mol. The molecule has 0 atom stereocenters. The smallest absolute Gasteiger partial charge is 0.238 e.